The lowest BCUT2D eigenvalue weighted by molar-refractivity contribution is -0.0212. The Morgan fingerprint density at radius 1 is 1.07 bits per heavy atom. The Labute approximate surface area is 167 Å². The zero-order chi connectivity index (χ0) is 19.9. The molecule has 1 fully saturated rings. The van der Waals surface area contributed by atoms with Gasteiger partial charge in [-0.25, -0.2) is 4.68 Å². The maximum Gasteiger partial charge on any atom is 0.274 e. The second-order valence-corrected chi connectivity index (χ2v) is 7.59. The highest BCUT2D eigenvalue weighted by Gasteiger charge is 2.36. The number of piperidine rings is 1. The van der Waals surface area contributed by atoms with E-state index in [1.807, 2.05) is 12.1 Å². The molecule has 2 heterocycles. The number of fused-ring (bicyclic) bond motifs is 1. The molecule has 1 amide bonds. The Hall–Kier alpha value is -2.70. The molecule has 28 heavy (non-hydrogen) atoms. The molecule has 0 radical (unpaired) electrons. The van der Waals surface area contributed by atoms with Crippen LogP contribution < -0.4 is 5.56 Å². The van der Waals surface area contributed by atoms with Gasteiger partial charge in [-0.2, -0.15) is 5.10 Å². The van der Waals surface area contributed by atoms with E-state index >= 15 is 0 Å². The zero-order valence-electron chi connectivity index (χ0n) is 15.4. The van der Waals surface area contributed by atoms with Crippen LogP contribution in [-0.2, 0) is 12.6 Å². The number of rotatable bonds is 2. The molecule has 0 bridgehead atoms. The predicted molar refractivity (Wildman–Crippen MR) is 107 cm³/mol. The fraction of sp³-hybridized carbons (Fsp3) is 0.286. The molecule has 1 aromatic heterocycles. The number of halogens is 1. The van der Waals surface area contributed by atoms with E-state index in [1.165, 1.54) is 4.68 Å². The quantitative estimate of drug-likeness (QED) is 0.721. The Bertz CT molecular complexity index is 1100. The minimum atomic E-state index is -0.986. The number of aromatic nitrogens is 2. The van der Waals surface area contributed by atoms with Gasteiger partial charge in [-0.3, -0.25) is 9.59 Å². The maximum absolute atomic E-state index is 13.1. The van der Waals surface area contributed by atoms with E-state index in [9.17, 15) is 14.7 Å². The van der Waals surface area contributed by atoms with Gasteiger partial charge in [-0.05, 0) is 36.6 Å². The molecule has 0 saturated carbocycles. The van der Waals surface area contributed by atoms with Gasteiger partial charge in [-0.15, -0.1) is 0 Å². The van der Waals surface area contributed by atoms with Gasteiger partial charge in [-0.1, -0.05) is 41.9 Å². The third kappa shape index (κ3) is 3.19. The van der Waals surface area contributed by atoms with Crippen LogP contribution >= 0.6 is 11.6 Å². The van der Waals surface area contributed by atoms with Crippen LogP contribution in [0.1, 0.15) is 28.9 Å². The zero-order valence-corrected chi connectivity index (χ0v) is 16.2. The fourth-order valence-electron chi connectivity index (χ4n) is 3.74. The number of benzene rings is 2. The van der Waals surface area contributed by atoms with Crippen LogP contribution in [0.2, 0.25) is 5.02 Å². The van der Waals surface area contributed by atoms with Crippen LogP contribution in [0.25, 0.3) is 10.8 Å². The number of likely N-dealkylation sites (tertiary alicyclic amines) is 1. The van der Waals surface area contributed by atoms with Gasteiger partial charge in [0.15, 0.2) is 5.69 Å². The van der Waals surface area contributed by atoms with Crippen molar-refractivity contribution in [2.75, 3.05) is 13.1 Å². The van der Waals surface area contributed by atoms with Crippen molar-refractivity contribution in [1.29, 1.82) is 0 Å². The number of aryl methyl sites for hydroxylation is 1. The van der Waals surface area contributed by atoms with Crippen molar-refractivity contribution in [2.24, 2.45) is 7.05 Å². The number of aliphatic hydroxyl groups is 1. The summed E-state index contributed by atoms with van der Waals surface area (Å²) < 4.78 is 1.20. The largest absolute Gasteiger partial charge is 0.385 e. The Kier molecular flexibility index (Phi) is 4.69. The summed E-state index contributed by atoms with van der Waals surface area (Å²) in [5, 5.41) is 16.9. The first-order valence-corrected chi connectivity index (χ1v) is 9.51. The third-order valence-corrected chi connectivity index (χ3v) is 5.67. The SMILES string of the molecule is Cn1nc(C(=O)N2CCC(O)(c3ccc(Cl)cc3)CC2)c2ccccc2c1=O. The molecule has 0 unspecified atom stereocenters. The van der Waals surface area contributed by atoms with Crippen molar-refractivity contribution in [3.8, 4) is 0 Å². The molecule has 3 aromatic rings. The average molecular weight is 398 g/mol. The fourth-order valence-corrected chi connectivity index (χ4v) is 3.86. The number of amides is 1. The highest BCUT2D eigenvalue weighted by Crippen LogP contribution is 2.34. The summed E-state index contributed by atoms with van der Waals surface area (Å²) in [7, 11) is 1.54. The summed E-state index contributed by atoms with van der Waals surface area (Å²) in [5.74, 6) is -0.232. The van der Waals surface area contributed by atoms with Gasteiger partial charge in [0.2, 0.25) is 0 Å². The number of carbonyl (C=O) groups is 1. The Morgan fingerprint density at radius 3 is 2.32 bits per heavy atom. The smallest absolute Gasteiger partial charge is 0.274 e. The van der Waals surface area contributed by atoms with Crippen LogP contribution in [0.15, 0.2) is 53.3 Å². The van der Waals surface area contributed by atoms with E-state index in [1.54, 1.807) is 48.3 Å². The molecule has 6 nitrogen and oxygen atoms in total. The van der Waals surface area contributed by atoms with Gasteiger partial charge in [0.25, 0.3) is 11.5 Å². The molecule has 4 rings (SSSR count). The number of nitrogens with zero attached hydrogens (tertiary/aromatic N) is 3. The summed E-state index contributed by atoms with van der Waals surface area (Å²) in [4.78, 5) is 27.1. The van der Waals surface area contributed by atoms with Gasteiger partial charge in [0.1, 0.15) is 0 Å². The minimum absolute atomic E-state index is 0.232. The summed E-state index contributed by atoms with van der Waals surface area (Å²) in [6, 6.07) is 14.2. The van der Waals surface area contributed by atoms with Crippen molar-refractivity contribution in [1.82, 2.24) is 14.7 Å². The topological polar surface area (TPSA) is 75.4 Å². The van der Waals surface area contributed by atoms with E-state index in [4.69, 9.17) is 11.6 Å². The third-order valence-electron chi connectivity index (χ3n) is 5.42. The van der Waals surface area contributed by atoms with Crippen LogP contribution in [0, 0.1) is 0 Å². The molecular formula is C21H20ClN3O3. The van der Waals surface area contributed by atoms with Gasteiger partial charge >= 0.3 is 0 Å². The van der Waals surface area contributed by atoms with Crippen molar-refractivity contribution in [2.45, 2.75) is 18.4 Å². The highest BCUT2D eigenvalue weighted by molar-refractivity contribution is 6.30. The van der Waals surface area contributed by atoms with E-state index < -0.39 is 5.60 Å². The Morgan fingerprint density at radius 2 is 1.68 bits per heavy atom. The molecule has 144 valence electrons. The monoisotopic (exact) mass is 397 g/mol. The van der Waals surface area contributed by atoms with Crippen molar-refractivity contribution >= 4 is 28.3 Å². The van der Waals surface area contributed by atoms with E-state index in [2.05, 4.69) is 5.10 Å². The predicted octanol–water partition coefficient (Wildman–Crippen LogP) is 2.71. The maximum atomic E-state index is 13.1. The standard InChI is InChI=1S/C21H20ClN3O3/c1-24-19(26)17-5-3-2-4-16(17)18(23-24)20(27)25-12-10-21(28,11-13-25)14-6-8-15(22)9-7-14/h2-9,28H,10-13H2,1H3. The first kappa shape index (κ1) is 18.7. The Balaban J connectivity index is 1.60. The number of hydrogen-bond acceptors (Lipinski definition) is 4. The van der Waals surface area contributed by atoms with Crippen molar-refractivity contribution in [3.05, 3.63) is 75.2 Å². The molecule has 0 aliphatic carbocycles. The van der Waals surface area contributed by atoms with E-state index in [-0.39, 0.29) is 17.2 Å². The molecule has 1 aliphatic heterocycles. The summed E-state index contributed by atoms with van der Waals surface area (Å²) in [6.45, 7) is 0.799. The van der Waals surface area contributed by atoms with Crippen molar-refractivity contribution < 1.29 is 9.90 Å². The molecule has 1 saturated heterocycles. The van der Waals surface area contributed by atoms with Gasteiger partial charge in [0.05, 0.1) is 11.0 Å². The normalized spacial score (nSPS) is 16.3. The number of carbonyl (C=O) groups excluding carboxylic acids is 1. The molecule has 0 spiro atoms. The van der Waals surface area contributed by atoms with Crippen LogP contribution in [-0.4, -0.2) is 38.8 Å². The van der Waals surface area contributed by atoms with E-state index in [0.29, 0.717) is 41.7 Å². The summed E-state index contributed by atoms with van der Waals surface area (Å²) >= 11 is 5.93. The van der Waals surface area contributed by atoms with Crippen LogP contribution in [0.3, 0.4) is 0 Å². The van der Waals surface area contributed by atoms with Gasteiger partial charge in [0, 0.05) is 30.5 Å². The van der Waals surface area contributed by atoms with Crippen LogP contribution in [0.5, 0.6) is 0 Å². The summed E-state index contributed by atoms with van der Waals surface area (Å²) in [6.07, 6.45) is 0.841. The highest BCUT2D eigenvalue weighted by atomic mass is 35.5. The second kappa shape index (κ2) is 7.04. The molecule has 7 heteroatoms. The first-order valence-electron chi connectivity index (χ1n) is 9.13. The second-order valence-electron chi connectivity index (χ2n) is 7.15. The molecule has 0 atom stereocenters. The molecule has 1 N–H and O–H groups in total. The minimum Gasteiger partial charge on any atom is -0.385 e. The van der Waals surface area contributed by atoms with E-state index in [0.717, 1.165) is 5.56 Å². The molecule has 2 aromatic carbocycles. The summed E-state index contributed by atoms with van der Waals surface area (Å²) in [5.41, 5.74) is -0.160. The lowest BCUT2D eigenvalue weighted by atomic mass is 9.84. The van der Waals surface area contributed by atoms with Gasteiger partial charge < -0.3 is 10.0 Å². The molecule has 1 aliphatic rings. The molecular weight excluding hydrogens is 378 g/mol. The number of hydrogen-bond donors (Lipinski definition) is 1. The lowest BCUT2D eigenvalue weighted by Crippen LogP contribution is -2.45. The van der Waals surface area contributed by atoms with Crippen molar-refractivity contribution in [3.63, 3.8) is 0 Å². The average Bonchev–Trinajstić information content (AvgIpc) is 2.71. The van der Waals surface area contributed by atoms with Crippen LogP contribution in [0.4, 0.5) is 0 Å². The first-order chi connectivity index (χ1) is 13.4. The lowest BCUT2D eigenvalue weighted by Gasteiger charge is -2.38.